The fourth-order valence-corrected chi connectivity index (χ4v) is 3.11. The lowest BCUT2D eigenvalue weighted by molar-refractivity contribution is 0.566. The minimum absolute atomic E-state index is 0.0346. The summed E-state index contributed by atoms with van der Waals surface area (Å²) in [7, 11) is 1.93. The molecule has 0 bridgehead atoms. The van der Waals surface area contributed by atoms with Gasteiger partial charge in [0, 0.05) is 29.6 Å². The van der Waals surface area contributed by atoms with Crippen LogP contribution < -0.4 is 10.6 Å². The van der Waals surface area contributed by atoms with Gasteiger partial charge in [0.05, 0.1) is 5.69 Å². The molecule has 20 heavy (non-hydrogen) atoms. The number of thiazole rings is 1. The van der Waals surface area contributed by atoms with Crippen molar-refractivity contribution in [3.63, 3.8) is 0 Å². The third kappa shape index (κ3) is 2.99. The van der Waals surface area contributed by atoms with Crippen molar-refractivity contribution in [2.24, 2.45) is 5.73 Å². The average molecular weight is 293 g/mol. The zero-order valence-corrected chi connectivity index (χ0v) is 13.1. The lowest BCUT2D eigenvalue weighted by Crippen LogP contribution is -2.16. The highest BCUT2D eigenvalue weighted by atomic mass is 32.1. The Bertz CT molecular complexity index is 584. The van der Waals surface area contributed by atoms with E-state index in [1.54, 1.807) is 23.5 Å². The summed E-state index contributed by atoms with van der Waals surface area (Å²) in [5, 5.41) is 0.877. The zero-order chi connectivity index (χ0) is 14.9. The second-order valence-electron chi connectivity index (χ2n) is 5.76. The van der Waals surface area contributed by atoms with E-state index < -0.39 is 0 Å². The van der Waals surface area contributed by atoms with Gasteiger partial charge in [-0.25, -0.2) is 9.37 Å². The molecule has 0 unspecified atom stereocenters. The second-order valence-corrected chi connectivity index (χ2v) is 6.82. The van der Waals surface area contributed by atoms with Crippen LogP contribution in [0, 0.1) is 5.82 Å². The Balaban J connectivity index is 2.38. The quantitative estimate of drug-likeness (QED) is 0.935. The van der Waals surface area contributed by atoms with Crippen LogP contribution in [-0.2, 0) is 12.0 Å². The van der Waals surface area contributed by atoms with E-state index in [1.807, 2.05) is 11.9 Å². The molecule has 2 rings (SSSR count). The Hall–Kier alpha value is -1.46. The Morgan fingerprint density at radius 1 is 1.25 bits per heavy atom. The van der Waals surface area contributed by atoms with E-state index in [9.17, 15) is 4.39 Å². The number of halogens is 1. The van der Waals surface area contributed by atoms with E-state index in [1.165, 1.54) is 12.1 Å². The predicted octanol–water partition coefficient (Wildman–Crippen LogP) is 3.81. The number of nitrogens with zero attached hydrogens (tertiary/aromatic N) is 2. The summed E-state index contributed by atoms with van der Waals surface area (Å²) >= 11 is 1.59. The first-order valence-electron chi connectivity index (χ1n) is 6.52. The first-order valence-corrected chi connectivity index (χ1v) is 7.34. The van der Waals surface area contributed by atoms with Crippen LogP contribution >= 0.6 is 11.3 Å². The van der Waals surface area contributed by atoms with Gasteiger partial charge < -0.3 is 10.6 Å². The summed E-state index contributed by atoms with van der Waals surface area (Å²) in [5.41, 5.74) is 7.73. The van der Waals surface area contributed by atoms with Crippen LogP contribution in [-0.4, -0.2) is 12.0 Å². The van der Waals surface area contributed by atoms with Crippen molar-refractivity contribution in [1.29, 1.82) is 0 Å². The number of anilines is 2. The van der Waals surface area contributed by atoms with Crippen molar-refractivity contribution in [2.75, 3.05) is 11.9 Å². The summed E-state index contributed by atoms with van der Waals surface area (Å²) < 4.78 is 13.0. The fourth-order valence-electron chi connectivity index (χ4n) is 1.98. The van der Waals surface area contributed by atoms with Crippen LogP contribution in [0.5, 0.6) is 0 Å². The molecular formula is C15H20FN3S. The van der Waals surface area contributed by atoms with Gasteiger partial charge in [-0.05, 0) is 24.3 Å². The Labute approximate surface area is 123 Å². The summed E-state index contributed by atoms with van der Waals surface area (Å²) in [6.45, 7) is 6.87. The smallest absolute Gasteiger partial charge is 0.190 e. The second kappa shape index (κ2) is 5.50. The molecule has 5 heteroatoms. The molecule has 0 aliphatic heterocycles. The van der Waals surface area contributed by atoms with E-state index in [0.29, 0.717) is 6.54 Å². The molecule has 0 aliphatic carbocycles. The van der Waals surface area contributed by atoms with Crippen LogP contribution in [0.15, 0.2) is 24.3 Å². The lowest BCUT2D eigenvalue weighted by atomic mass is 9.91. The highest BCUT2D eigenvalue weighted by Gasteiger charge is 2.23. The summed E-state index contributed by atoms with van der Waals surface area (Å²) in [6.07, 6.45) is 0. The molecular weight excluding hydrogens is 273 g/mol. The van der Waals surface area contributed by atoms with Gasteiger partial charge in [-0.3, -0.25) is 0 Å². The van der Waals surface area contributed by atoms with Crippen molar-refractivity contribution < 1.29 is 4.39 Å². The van der Waals surface area contributed by atoms with E-state index in [4.69, 9.17) is 10.7 Å². The van der Waals surface area contributed by atoms with Crippen molar-refractivity contribution in [3.8, 4) is 0 Å². The third-order valence-electron chi connectivity index (χ3n) is 3.08. The molecule has 0 saturated heterocycles. The number of hydrogen-bond donors (Lipinski definition) is 1. The topological polar surface area (TPSA) is 42.2 Å². The summed E-state index contributed by atoms with van der Waals surface area (Å²) in [4.78, 5) is 7.78. The highest BCUT2D eigenvalue weighted by Crippen LogP contribution is 2.35. The van der Waals surface area contributed by atoms with Gasteiger partial charge >= 0.3 is 0 Å². The number of nitrogens with two attached hydrogens (primary N) is 1. The van der Waals surface area contributed by atoms with Crippen LogP contribution in [0.3, 0.4) is 0 Å². The largest absolute Gasteiger partial charge is 0.326 e. The van der Waals surface area contributed by atoms with Crippen LogP contribution in [0.25, 0.3) is 0 Å². The number of hydrogen-bond acceptors (Lipinski definition) is 4. The molecule has 0 saturated carbocycles. The van der Waals surface area contributed by atoms with E-state index in [2.05, 4.69) is 20.8 Å². The molecule has 2 aromatic rings. The molecule has 0 atom stereocenters. The van der Waals surface area contributed by atoms with Gasteiger partial charge in [-0.2, -0.15) is 0 Å². The fraction of sp³-hybridized carbons (Fsp3) is 0.400. The summed E-state index contributed by atoms with van der Waals surface area (Å²) in [5.74, 6) is -0.237. The van der Waals surface area contributed by atoms with Gasteiger partial charge in [0.25, 0.3) is 0 Å². The van der Waals surface area contributed by atoms with Gasteiger partial charge in [0.1, 0.15) is 5.82 Å². The Morgan fingerprint density at radius 2 is 1.85 bits per heavy atom. The molecule has 0 spiro atoms. The zero-order valence-electron chi connectivity index (χ0n) is 12.3. The van der Waals surface area contributed by atoms with Crippen LogP contribution in [0.2, 0.25) is 0 Å². The minimum Gasteiger partial charge on any atom is -0.326 e. The third-order valence-corrected chi connectivity index (χ3v) is 4.24. The molecule has 0 amide bonds. The number of aromatic nitrogens is 1. The molecule has 0 aliphatic rings. The van der Waals surface area contributed by atoms with Gasteiger partial charge in [0.15, 0.2) is 5.13 Å². The van der Waals surface area contributed by atoms with Crippen LogP contribution in [0.4, 0.5) is 15.2 Å². The van der Waals surface area contributed by atoms with Gasteiger partial charge in [-0.15, -0.1) is 0 Å². The summed E-state index contributed by atoms with van der Waals surface area (Å²) in [6, 6.07) is 6.40. The number of benzene rings is 1. The molecule has 3 nitrogen and oxygen atoms in total. The van der Waals surface area contributed by atoms with E-state index >= 15 is 0 Å². The normalized spacial score (nSPS) is 11.7. The average Bonchev–Trinajstić information content (AvgIpc) is 2.83. The van der Waals surface area contributed by atoms with Gasteiger partial charge in [0.2, 0.25) is 0 Å². The standard InChI is InChI=1S/C15H20FN3S/c1-15(2,3)13-12(9-17)20-14(18-13)19(4)11-7-5-10(16)6-8-11/h5-8H,9,17H2,1-4H3. The van der Waals surface area contributed by atoms with Crippen molar-refractivity contribution in [2.45, 2.75) is 32.7 Å². The highest BCUT2D eigenvalue weighted by molar-refractivity contribution is 7.15. The molecule has 0 fully saturated rings. The number of rotatable bonds is 3. The van der Waals surface area contributed by atoms with Crippen molar-refractivity contribution >= 4 is 22.2 Å². The maximum absolute atomic E-state index is 13.0. The minimum atomic E-state index is -0.237. The molecule has 1 heterocycles. The maximum atomic E-state index is 13.0. The van der Waals surface area contributed by atoms with E-state index in [0.717, 1.165) is 21.4 Å². The van der Waals surface area contributed by atoms with E-state index in [-0.39, 0.29) is 11.2 Å². The van der Waals surface area contributed by atoms with Crippen molar-refractivity contribution in [3.05, 3.63) is 40.7 Å². The maximum Gasteiger partial charge on any atom is 0.190 e. The first-order chi connectivity index (χ1) is 9.32. The molecule has 1 aromatic heterocycles. The van der Waals surface area contributed by atoms with Crippen molar-refractivity contribution in [1.82, 2.24) is 4.98 Å². The monoisotopic (exact) mass is 293 g/mol. The Kier molecular flexibility index (Phi) is 4.11. The molecule has 0 radical (unpaired) electrons. The lowest BCUT2D eigenvalue weighted by Gasteiger charge is -2.18. The SMILES string of the molecule is CN(c1ccc(F)cc1)c1nc(C(C)(C)C)c(CN)s1. The van der Waals surface area contributed by atoms with Gasteiger partial charge in [-0.1, -0.05) is 32.1 Å². The molecule has 2 N–H and O–H groups in total. The van der Waals surface area contributed by atoms with Crippen LogP contribution in [0.1, 0.15) is 31.3 Å². The molecule has 1 aromatic carbocycles. The molecule has 108 valence electrons. The first kappa shape index (κ1) is 14.9. The Morgan fingerprint density at radius 3 is 2.30 bits per heavy atom. The predicted molar refractivity (Wildman–Crippen MR) is 83.2 cm³/mol.